The molecule has 0 saturated carbocycles. The standard InChI is InChI=1S/C27H29N3O3S2/c1-5-8-22-18(4)24-25(35-22)29-27(30(26(24)32)20-10-7-9-17(3)15-20)34-16-23(31)28-19-11-13-21(14-12-19)33-6-2/h7,9-15H,5-6,8,16H2,1-4H3,(H,28,31). The summed E-state index contributed by atoms with van der Waals surface area (Å²) in [6.07, 6.45) is 1.93. The second-order valence-electron chi connectivity index (χ2n) is 8.25. The summed E-state index contributed by atoms with van der Waals surface area (Å²) in [7, 11) is 0. The summed E-state index contributed by atoms with van der Waals surface area (Å²) in [4.78, 5) is 33.2. The van der Waals surface area contributed by atoms with Gasteiger partial charge in [0.2, 0.25) is 5.91 Å². The van der Waals surface area contributed by atoms with E-state index in [0.717, 1.165) is 40.2 Å². The lowest BCUT2D eigenvalue weighted by atomic mass is 10.1. The van der Waals surface area contributed by atoms with Crippen LogP contribution in [0, 0.1) is 13.8 Å². The highest BCUT2D eigenvalue weighted by molar-refractivity contribution is 7.99. The van der Waals surface area contributed by atoms with E-state index in [1.54, 1.807) is 15.9 Å². The molecule has 0 aliphatic heterocycles. The zero-order valence-electron chi connectivity index (χ0n) is 20.4. The fraction of sp³-hybridized carbons (Fsp3) is 0.296. The molecule has 8 heteroatoms. The van der Waals surface area contributed by atoms with Crippen LogP contribution in [-0.2, 0) is 11.2 Å². The molecular formula is C27H29N3O3S2. The van der Waals surface area contributed by atoms with Gasteiger partial charge in [-0.25, -0.2) is 4.98 Å². The van der Waals surface area contributed by atoms with Gasteiger partial charge in [-0.1, -0.05) is 37.2 Å². The smallest absolute Gasteiger partial charge is 0.267 e. The first kappa shape index (κ1) is 25.0. The number of aromatic nitrogens is 2. The van der Waals surface area contributed by atoms with Gasteiger partial charge in [-0.15, -0.1) is 11.3 Å². The molecule has 4 rings (SSSR count). The van der Waals surface area contributed by atoms with E-state index < -0.39 is 0 Å². The zero-order chi connectivity index (χ0) is 24.9. The number of ether oxygens (including phenoxy) is 1. The molecule has 182 valence electrons. The summed E-state index contributed by atoms with van der Waals surface area (Å²) in [6, 6.07) is 15.1. The van der Waals surface area contributed by atoms with Crippen molar-refractivity contribution in [3.8, 4) is 11.4 Å². The molecule has 2 aromatic carbocycles. The molecule has 0 bridgehead atoms. The Balaban J connectivity index is 1.65. The molecule has 0 atom stereocenters. The van der Waals surface area contributed by atoms with Crippen LogP contribution in [-0.4, -0.2) is 27.8 Å². The summed E-state index contributed by atoms with van der Waals surface area (Å²) in [5, 5.41) is 4.09. The molecule has 1 N–H and O–H groups in total. The van der Waals surface area contributed by atoms with Crippen LogP contribution in [0.5, 0.6) is 5.75 Å². The summed E-state index contributed by atoms with van der Waals surface area (Å²) in [5.74, 6) is 0.718. The van der Waals surface area contributed by atoms with Crippen molar-refractivity contribution in [2.75, 3.05) is 17.7 Å². The quantitative estimate of drug-likeness (QED) is 0.217. The van der Waals surface area contributed by atoms with Gasteiger partial charge in [0, 0.05) is 10.6 Å². The Morgan fingerprint density at radius 1 is 1.14 bits per heavy atom. The lowest BCUT2D eigenvalue weighted by Crippen LogP contribution is -2.23. The largest absolute Gasteiger partial charge is 0.494 e. The van der Waals surface area contributed by atoms with E-state index in [1.165, 1.54) is 16.6 Å². The minimum atomic E-state index is -0.168. The maximum absolute atomic E-state index is 13.7. The summed E-state index contributed by atoms with van der Waals surface area (Å²) in [5.41, 5.74) is 3.41. The van der Waals surface area contributed by atoms with Crippen LogP contribution in [0.4, 0.5) is 5.69 Å². The number of carbonyl (C=O) groups excluding carboxylic acids is 1. The number of rotatable bonds is 9. The van der Waals surface area contributed by atoms with Crippen LogP contribution in [0.1, 0.15) is 36.3 Å². The van der Waals surface area contributed by atoms with Crippen LogP contribution in [0.2, 0.25) is 0 Å². The number of carbonyl (C=O) groups is 1. The molecular weight excluding hydrogens is 478 g/mol. The molecule has 0 saturated heterocycles. The molecule has 4 aromatic rings. The minimum absolute atomic E-state index is 0.0916. The van der Waals surface area contributed by atoms with E-state index in [1.807, 2.05) is 69.3 Å². The van der Waals surface area contributed by atoms with E-state index in [4.69, 9.17) is 9.72 Å². The van der Waals surface area contributed by atoms with Crippen molar-refractivity contribution in [1.82, 2.24) is 9.55 Å². The number of anilines is 1. The van der Waals surface area contributed by atoms with Crippen molar-refractivity contribution >= 4 is 44.9 Å². The minimum Gasteiger partial charge on any atom is -0.494 e. The van der Waals surface area contributed by atoms with Gasteiger partial charge in [0.25, 0.3) is 5.56 Å². The number of thiophene rings is 1. The van der Waals surface area contributed by atoms with Gasteiger partial charge in [0.1, 0.15) is 10.6 Å². The molecule has 2 heterocycles. The maximum Gasteiger partial charge on any atom is 0.267 e. The molecule has 0 spiro atoms. The van der Waals surface area contributed by atoms with Crippen molar-refractivity contribution in [3.05, 3.63) is 74.9 Å². The molecule has 6 nitrogen and oxygen atoms in total. The zero-order valence-corrected chi connectivity index (χ0v) is 22.0. The van der Waals surface area contributed by atoms with Crippen molar-refractivity contribution in [2.24, 2.45) is 0 Å². The van der Waals surface area contributed by atoms with Crippen LogP contribution in [0.25, 0.3) is 15.9 Å². The molecule has 0 fully saturated rings. The molecule has 35 heavy (non-hydrogen) atoms. The number of aryl methyl sites for hydroxylation is 3. The SMILES string of the molecule is CCCc1sc2nc(SCC(=O)Nc3ccc(OCC)cc3)n(-c3cccc(C)c3)c(=O)c2c1C. The van der Waals surface area contributed by atoms with Gasteiger partial charge < -0.3 is 10.1 Å². The number of amides is 1. The number of nitrogens with zero attached hydrogens (tertiary/aromatic N) is 2. The Kier molecular flexibility index (Phi) is 7.93. The first-order valence-corrected chi connectivity index (χ1v) is 13.5. The summed E-state index contributed by atoms with van der Waals surface area (Å²) < 4.78 is 7.09. The fourth-order valence-electron chi connectivity index (χ4n) is 3.90. The van der Waals surface area contributed by atoms with Gasteiger partial charge in [0.05, 0.1) is 23.4 Å². The predicted molar refractivity (Wildman–Crippen MR) is 146 cm³/mol. The Hall–Kier alpha value is -3.10. The normalized spacial score (nSPS) is 11.1. The van der Waals surface area contributed by atoms with Crippen molar-refractivity contribution in [2.45, 2.75) is 45.7 Å². The van der Waals surface area contributed by atoms with E-state index >= 15 is 0 Å². The number of benzene rings is 2. The van der Waals surface area contributed by atoms with Gasteiger partial charge in [-0.3, -0.25) is 14.2 Å². The third-order valence-corrected chi connectivity index (χ3v) is 7.73. The van der Waals surface area contributed by atoms with E-state index in [0.29, 0.717) is 22.8 Å². The van der Waals surface area contributed by atoms with Crippen molar-refractivity contribution in [1.29, 1.82) is 0 Å². The lowest BCUT2D eigenvalue weighted by Gasteiger charge is -2.13. The lowest BCUT2D eigenvalue weighted by molar-refractivity contribution is -0.113. The third kappa shape index (κ3) is 5.60. The Morgan fingerprint density at radius 3 is 2.60 bits per heavy atom. The van der Waals surface area contributed by atoms with Gasteiger partial charge in [0.15, 0.2) is 5.16 Å². The Bertz CT molecular complexity index is 1410. The summed E-state index contributed by atoms with van der Waals surface area (Å²) in [6.45, 7) is 8.65. The van der Waals surface area contributed by atoms with Crippen molar-refractivity contribution in [3.63, 3.8) is 0 Å². The first-order valence-electron chi connectivity index (χ1n) is 11.7. The number of hydrogen-bond acceptors (Lipinski definition) is 6. The monoisotopic (exact) mass is 507 g/mol. The topological polar surface area (TPSA) is 73.2 Å². The molecule has 2 aromatic heterocycles. The van der Waals surface area contributed by atoms with Crippen LogP contribution in [0.3, 0.4) is 0 Å². The highest BCUT2D eigenvalue weighted by Crippen LogP contribution is 2.31. The third-order valence-electron chi connectivity index (χ3n) is 5.55. The van der Waals surface area contributed by atoms with Crippen LogP contribution in [0.15, 0.2) is 58.5 Å². The molecule has 1 amide bonds. The van der Waals surface area contributed by atoms with Crippen LogP contribution < -0.4 is 15.6 Å². The van der Waals surface area contributed by atoms with Gasteiger partial charge in [-0.2, -0.15) is 0 Å². The molecule has 0 unspecified atom stereocenters. The number of thioether (sulfide) groups is 1. The van der Waals surface area contributed by atoms with Gasteiger partial charge in [-0.05, 0) is 74.7 Å². The highest BCUT2D eigenvalue weighted by atomic mass is 32.2. The Labute approximate surface area is 213 Å². The maximum atomic E-state index is 13.7. The van der Waals surface area contributed by atoms with E-state index in [-0.39, 0.29) is 17.2 Å². The van der Waals surface area contributed by atoms with E-state index in [2.05, 4.69) is 12.2 Å². The average Bonchev–Trinajstić information content (AvgIpc) is 3.14. The number of fused-ring (bicyclic) bond motifs is 1. The Morgan fingerprint density at radius 2 is 1.91 bits per heavy atom. The predicted octanol–water partition coefficient (Wildman–Crippen LogP) is 6.15. The van der Waals surface area contributed by atoms with E-state index in [9.17, 15) is 9.59 Å². The molecule has 0 radical (unpaired) electrons. The number of nitrogens with one attached hydrogen (secondary N) is 1. The summed E-state index contributed by atoms with van der Waals surface area (Å²) >= 11 is 2.84. The second kappa shape index (κ2) is 11.1. The first-order chi connectivity index (χ1) is 16.9. The highest BCUT2D eigenvalue weighted by Gasteiger charge is 2.20. The van der Waals surface area contributed by atoms with Crippen LogP contribution >= 0.6 is 23.1 Å². The second-order valence-corrected chi connectivity index (χ2v) is 10.3. The number of hydrogen-bond donors (Lipinski definition) is 1. The fourth-order valence-corrected chi connectivity index (χ4v) is 6.03. The molecule has 0 aliphatic carbocycles. The van der Waals surface area contributed by atoms with Gasteiger partial charge >= 0.3 is 0 Å². The van der Waals surface area contributed by atoms with Crippen molar-refractivity contribution < 1.29 is 9.53 Å². The molecule has 0 aliphatic rings. The average molecular weight is 508 g/mol.